The third-order valence-electron chi connectivity index (χ3n) is 3.37. The Labute approximate surface area is 139 Å². The van der Waals surface area contributed by atoms with E-state index in [0.717, 1.165) is 0 Å². The molecule has 0 amide bonds. The summed E-state index contributed by atoms with van der Waals surface area (Å²) in [6.07, 6.45) is 0. The van der Waals surface area contributed by atoms with Crippen molar-refractivity contribution in [3.8, 4) is 0 Å². The molecule has 3 aromatic carbocycles. The van der Waals surface area contributed by atoms with E-state index in [9.17, 15) is 0 Å². The molecule has 21 heavy (non-hydrogen) atoms. The fourth-order valence-corrected chi connectivity index (χ4v) is 8.61. The molecular weight excluding hydrogens is 383 g/mol. The molecule has 3 rings (SSSR count). The van der Waals surface area contributed by atoms with E-state index in [2.05, 4.69) is 102 Å². The SMILES string of the molecule is Cc1ccc([As](c2ccccc2)c2ccccc2)c(Br)c1. The molecule has 0 saturated heterocycles. The van der Waals surface area contributed by atoms with E-state index in [1.807, 2.05) is 0 Å². The van der Waals surface area contributed by atoms with E-state index in [1.165, 1.54) is 23.1 Å². The standard InChI is InChI=1S/C19H16AsBr/c1-15-12-13-18(19(21)14-15)20(16-8-4-2-5-9-16)17-10-6-3-7-11-17/h2-14H,1H3. The van der Waals surface area contributed by atoms with Gasteiger partial charge >= 0.3 is 139 Å². The second-order valence-corrected chi connectivity index (χ2v) is 10.4. The Morgan fingerprint density at radius 1 is 0.714 bits per heavy atom. The fraction of sp³-hybridized carbons (Fsp3) is 0.0526. The molecule has 3 aromatic rings. The predicted molar refractivity (Wildman–Crippen MR) is 96.4 cm³/mol. The summed E-state index contributed by atoms with van der Waals surface area (Å²) < 4.78 is 5.60. The van der Waals surface area contributed by atoms with Gasteiger partial charge in [0.15, 0.2) is 0 Å². The summed E-state index contributed by atoms with van der Waals surface area (Å²) in [5, 5.41) is 0. The zero-order valence-electron chi connectivity index (χ0n) is 11.8. The van der Waals surface area contributed by atoms with E-state index in [4.69, 9.17) is 0 Å². The summed E-state index contributed by atoms with van der Waals surface area (Å²) in [6.45, 7) is 2.14. The molecule has 0 radical (unpaired) electrons. The van der Waals surface area contributed by atoms with Crippen LogP contribution in [0.1, 0.15) is 5.56 Å². The van der Waals surface area contributed by atoms with Crippen molar-refractivity contribution in [1.82, 2.24) is 0 Å². The summed E-state index contributed by atoms with van der Waals surface area (Å²) >= 11 is 2.28. The second kappa shape index (κ2) is 6.64. The Balaban J connectivity index is 2.17. The van der Waals surface area contributed by atoms with Gasteiger partial charge in [-0.2, -0.15) is 0 Å². The summed E-state index contributed by atoms with van der Waals surface area (Å²) in [5.41, 5.74) is 1.29. The van der Waals surface area contributed by atoms with E-state index in [-0.39, 0.29) is 0 Å². The molecule has 0 aliphatic carbocycles. The Bertz CT molecular complexity index is 684. The molecule has 0 atom stereocenters. The minimum atomic E-state index is -1.50. The van der Waals surface area contributed by atoms with Gasteiger partial charge in [0, 0.05) is 0 Å². The van der Waals surface area contributed by atoms with Crippen molar-refractivity contribution in [1.29, 1.82) is 0 Å². The molecule has 2 heteroatoms. The zero-order chi connectivity index (χ0) is 14.7. The van der Waals surface area contributed by atoms with Gasteiger partial charge in [-0.05, 0) is 0 Å². The van der Waals surface area contributed by atoms with Crippen LogP contribution in [0.25, 0.3) is 0 Å². The minimum absolute atomic E-state index is 1.23. The Hall–Kier alpha value is -1.30. The quantitative estimate of drug-likeness (QED) is 0.594. The Morgan fingerprint density at radius 3 is 1.71 bits per heavy atom. The monoisotopic (exact) mass is 398 g/mol. The molecule has 0 saturated carbocycles. The topological polar surface area (TPSA) is 0 Å². The Kier molecular flexibility index (Phi) is 4.63. The van der Waals surface area contributed by atoms with Gasteiger partial charge in [-0.25, -0.2) is 0 Å². The van der Waals surface area contributed by atoms with Gasteiger partial charge in [-0.3, -0.25) is 0 Å². The van der Waals surface area contributed by atoms with Crippen LogP contribution in [0.15, 0.2) is 83.3 Å². The predicted octanol–water partition coefficient (Wildman–Crippen LogP) is 3.27. The van der Waals surface area contributed by atoms with Crippen molar-refractivity contribution in [2.24, 2.45) is 0 Å². The molecule has 0 bridgehead atoms. The first-order valence-corrected chi connectivity index (χ1v) is 10.5. The van der Waals surface area contributed by atoms with Crippen LogP contribution in [0.3, 0.4) is 0 Å². The molecule has 0 aliphatic heterocycles. The maximum atomic E-state index is 3.78. The molecular formula is C19H16AsBr. The van der Waals surface area contributed by atoms with E-state index in [0.29, 0.717) is 0 Å². The van der Waals surface area contributed by atoms with Crippen LogP contribution in [0.4, 0.5) is 0 Å². The van der Waals surface area contributed by atoms with Gasteiger partial charge in [-0.15, -0.1) is 0 Å². The molecule has 0 aromatic heterocycles. The van der Waals surface area contributed by atoms with Crippen LogP contribution in [-0.2, 0) is 0 Å². The van der Waals surface area contributed by atoms with Crippen molar-refractivity contribution in [2.45, 2.75) is 6.92 Å². The van der Waals surface area contributed by atoms with Gasteiger partial charge in [0.05, 0.1) is 0 Å². The summed E-state index contributed by atoms with van der Waals surface area (Å²) in [7, 11) is 0. The van der Waals surface area contributed by atoms with E-state index in [1.54, 1.807) is 0 Å². The van der Waals surface area contributed by atoms with Crippen LogP contribution < -0.4 is 13.1 Å². The third-order valence-corrected chi connectivity index (χ3v) is 9.94. The van der Waals surface area contributed by atoms with Crippen LogP contribution in [0.2, 0.25) is 0 Å². The van der Waals surface area contributed by atoms with Crippen molar-refractivity contribution >= 4 is 43.6 Å². The molecule has 0 N–H and O–H groups in total. The van der Waals surface area contributed by atoms with Gasteiger partial charge in [-0.1, -0.05) is 0 Å². The van der Waals surface area contributed by atoms with Crippen molar-refractivity contribution in [2.75, 3.05) is 0 Å². The van der Waals surface area contributed by atoms with Gasteiger partial charge in [0.1, 0.15) is 0 Å². The molecule has 0 spiro atoms. The Morgan fingerprint density at radius 2 is 1.24 bits per heavy atom. The average molecular weight is 399 g/mol. The summed E-state index contributed by atoms with van der Waals surface area (Å²) in [6, 6.07) is 28.5. The fourth-order valence-electron chi connectivity index (χ4n) is 2.37. The second-order valence-electron chi connectivity index (χ2n) is 4.96. The molecule has 0 fully saturated rings. The average Bonchev–Trinajstić information content (AvgIpc) is 2.52. The molecule has 0 unspecified atom stereocenters. The van der Waals surface area contributed by atoms with Crippen molar-refractivity contribution in [3.63, 3.8) is 0 Å². The van der Waals surface area contributed by atoms with Crippen LogP contribution in [-0.4, -0.2) is 14.7 Å². The molecule has 0 aliphatic rings. The molecule has 0 nitrogen and oxygen atoms in total. The third kappa shape index (κ3) is 3.31. The summed E-state index contributed by atoms with van der Waals surface area (Å²) in [4.78, 5) is 0. The van der Waals surface area contributed by atoms with Crippen molar-refractivity contribution in [3.05, 3.63) is 88.9 Å². The number of rotatable bonds is 3. The number of halogens is 1. The first-order chi connectivity index (χ1) is 10.3. The first kappa shape index (κ1) is 14.6. The van der Waals surface area contributed by atoms with Gasteiger partial charge in [0.2, 0.25) is 0 Å². The molecule has 0 heterocycles. The van der Waals surface area contributed by atoms with E-state index < -0.39 is 14.7 Å². The van der Waals surface area contributed by atoms with Gasteiger partial charge in [0.25, 0.3) is 0 Å². The first-order valence-electron chi connectivity index (χ1n) is 6.92. The van der Waals surface area contributed by atoms with E-state index >= 15 is 0 Å². The summed E-state index contributed by atoms with van der Waals surface area (Å²) in [5.74, 6) is 0. The number of aryl methyl sites for hydroxylation is 1. The normalized spacial score (nSPS) is 10.8. The maximum absolute atomic E-state index is 3.78. The van der Waals surface area contributed by atoms with Crippen LogP contribution in [0, 0.1) is 6.92 Å². The zero-order valence-corrected chi connectivity index (χ0v) is 15.3. The number of hydrogen-bond donors (Lipinski definition) is 0. The van der Waals surface area contributed by atoms with Crippen LogP contribution in [0.5, 0.6) is 0 Å². The van der Waals surface area contributed by atoms with Gasteiger partial charge < -0.3 is 0 Å². The molecule has 104 valence electrons. The van der Waals surface area contributed by atoms with Crippen molar-refractivity contribution < 1.29 is 0 Å². The van der Waals surface area contributed by atoms with Crippen LogP contribution >= 0.6 is 15.9 Å². The number of hydrogen-bond acceptors (Lipinski definition) is 0. The number of benzene rings is 3.